The molecule has 0 aromatic rings. The molecule has 76 valence electrons. The molecule has 0 rings (SSSR count). The molecule has 5 nitrogen and oxygen atoms in total. The van der Waals surface area contributed by atoms with Crippen LogP contribution in [0.1, 0.15) is 6.92 Å². The van der Waals surface area contributed by atoms with Gasteiger partial charge < -0.3 is 0 Å². The van der Waals surface area contributed by atoms with Crippen LogP contribution in [-0.4, -0.2) is 39.4 Å². The van der Waals surface area contributed by atoms with E-state index in [-0.39, 0.29) is 19.3 Å². The average Bonchev–Trinajstić information content (AvgIpc) is 2.12. The van der Waals surface area contributed by atoms with Crippen molar-refractivity contribution < 1.29 is 18.4 Å². The van der Waals surface area contributed by atoms with E-state index >= 15 is 0 Å². The molecular weight excluding hydrogens is 260 g/mol. The first-order valence-corrected chi connectivity index (χ1v) is 7.46. The van der Waals surface area contributed by atoms with Gasteiger partial charge in [0.25, 0.3) is 0 Å². The number of carbonyl (C=O) groups excluding carboxylic acids is 1. The van der Waals surface area contributed by atoms with Crippen LogP contribution < -0.4 is 0 Å². The molecule has 0 aliphatic heterocycles. The third-order valence-corrected chi connectivity index (χ3v) is 5.99. The first kappa shape index (κ1) is 13.0. The third kappa shape index (κ3) is 3.71. The summed E-state index contributed by atoms with van der Waals surface area (Å²) in [7, 11) is -0.749. The molecule has 0 aromatic heterocycles. The van der Waals surface area contributed by atoms with Gasteiger partial charge >= 0.3 is 83.2 Å². The Labute approximate surface area is 83.6 Å². The summed E-state index contributed by atoms with van der Waals surface area (Å²) < 4.78 is 21.3. The molecule has 0 N–H and O–H groups in total. The van der Waals surface area contributed by atoms with Crippen molar-refractivity contribution in [2.45, 2.75) is 12.7 Å². The number of amides is 1. The zero-order valence-electron chi connectivity index (χ0n) is 7.94. The predicted molar refractivity (Wildman–Crippen MR) is 51.4 cm³/mol. The molecule has 7 heteroatoms. The van der Waals surface area contributed by atoms with Crippen LogP contribution in [0.4, 0.5) is 0 Å². The normalized spacial score (nSPS) is 13.1. The van der Waals surface area contributed by atoms with Crippen molar-refractivity contribution in [1.29, 1.82) is 0 Å². The van der Waals surface area contributed by atoms with Crippen LogP contribution in [-0.2, 0) is 18.4 Å². The monoisotopic (exact) mass is 273 g/mol. The molecule has 0 saturated carbocycles. The fourth-order valence-corrected chi connectivity index (χ4v) is 4.34. The van der Waals surface area contributed by atoms with Crippen LogP contribution >= 0.6 is 7.60 Å². The van der Waals surface area contributed by atoms with Gasteiger partial charge in [0.1, 0.15) is 0 Å². The number of carbonyl (C=O) groups is 1. The fourth-order valence-electron chi connectivity index (χ4n) is 0.584. The van der Waals surface area contributed by atoms with Gasteiger partial charge in [0.05, 0.1) is 0 Å². The Balaban J connectivity index is 4.95. The minimum atomic E-state index is -3.29. The molecule has 0 fully saturated rings. The van der Waals surface area contributed by atoms with Crippen molar-refractivity contribution in [3.63, 3.8) is 0 Å². The summed E-state index contributed by atoms with van der Waals surface area (Å²) in [5, 5.41) is 0. The maximum absolute atomic E-state index is 11.7. The van der Waals surface area contributed by atoms with Gasteiger partial charge in [0.15, 0.2) is 0 Å². The van der Waals surface area contributed by atoms with Crippen LogP contribution in [0.5, 0.6) is 0 Å². The Hall–Kier alpha value is 0.00948. The molecule has 13 heavy (non-hydrogen) atoms. The van der Waals surface area contributed by atoms with Gasteiger partial charge in [0, 0.05) is 0 Å². The van der Waals surface area contributed by atoms with E-state index in [0.717, 1.165) is 0 Å². The molecule has 0 saturated heterocycles. The molecule has 0 heterocycles. The Morgan fingerprint density at radius 3 is 2.08 bits per heavy atom. The van der Waals surface area contributed by atoms with Gasteiger partial charge in [-0.25, -0.2) is 0 Å². The second-order valence-electron chi connectivity index (χ2n) is 1.98. The van der Waals surface area contributed by atoms with Crippen molar-refractivity contribution in [2.24, 2.45) is 4.99 Å². The quantitative estimate of drug-likeness (QED) is 0.437. The minimum absolute atomic E-state index is 0.173. The SMILES string of the molecule is COP(=O)(OC)C(=NC(C)=O)[Se]C. The third-order valence-electron chi connectivity index (χ3n) is 1.15. The summed E-state index contributed by atoms with van der Waals surface area (Å²) in [6.45, 7) is 1.29. The molecule has 0 bridgehead atoms. The zero-order chi connectivity index (χ0) is 10.5. The molecule has 0 radical (unpaired) electrons. The topological polar surface area (TPSA) is 65.0 Å². The summed E-state index contributed by atoms with van der Waals surface area (Å²) in [5.74, 6) is 1.40. The Kier molecular flexibility index (Phi) is 5.68. The molecule has 0 aliphatic rings. The Morgan fingerprint density at radius 1 is 1.38 bits per heavy atom. The zero-order valence-corrected chi connectivity index (χ0v) is 10.5. The molecule has 0 aliphatic carbocycles. The predicted octanol–water partition coefficient (Wildman–Crippen LogP) is 1.13. The summed E-state index contributed by atoms with van der Waals surface area (Å²) in [4.78, 5) is 14.3. The molecule has 0 unspecified atom stereocenters. The van der Waals surface area contributed by atoms with Crippen molar-refractivity contribution in [3.8, 4) is 0 Å². The van der Waals surface area contributed by atoms with Gasteiger partial charge in [-0.3, -0.25) is 0 Å². The van der Waals surface area contributed by atoms with E-state index in [4.69, 9.17) is 9.05 Å². The van der Waals surface area contributed by atoms with E-state index in [1.165, 1.54) is 21.1 Å². The molecular formula is C6H12NO4PSe. The standard InChI is InChI=1S/C6H12NO4PSe/c1-5(8)7-6(13-4)12(9,10-2)11-3/h1-4H3. The number of hydrogen-bond acceptors (Lipinski definition) is 4. The molecule has 0 spiro atoms. The summed E-state index contributed by atoms with van der Waals surface area (Å²) in [6.07, 6.45) is 0. The second-order valence-corrected chi connectivity index (χ2v) is 6.48. The van der Waals surface area contributed by atoms with Crippen LogP contribution in [0.25, 0.3) is 0 Å². The summed E-state index contributed by atoms with van der Waals surface area (Å²) >= 11 is -0.173. The average molecular weight is 272 g/mol. The van der Waals surface area contributed by atoms with Crippen molar-refractivity contribution >= 4 is 32.8 Å². The molecule has 0 atom stereocenters. The van der Waals surface area contributed by atoms with Gasteiger partial charge in [-0.2, -0.15) is 0 Å². The van der Waals surface area contributed by atoms with Gasteiger partial charge in [0.2, 0.25) is 0 Å². The summed E-state index contributed by atoms with van der Waals surface area (Å²) in [5.41, 5.74) is 0. The number of aliphatic imine (C=N–C) groups is 1. The van der Waals surface area contributed by atoms with E-state index in [2.05, 4.69) is 4.99 Å². The van der Waals surface area contributed by atoms with E-state index in [0.29, 0.717) is 0 Å². The van der Waals surface area contributed by atoms with Crippen molar-refractivity contribution in [1.82, 2.24) is 0 Å². The number of nitrogens with zero attached hydrogens (tertiary/aromatic N) is 1. The number of rotatable bonds is 4. The van der Waals surface area contributed by atoms with Gasteiger partial charge in [-0.1, -0.05) is 0 Å². The first-order valence-electron chi connectivity index (χ1n) is 3.35. The van der Waals surface area contributed by atoms with E-state index < -0.39 is 13.5 Å². The van der Waals surface area contributed by atoms with Crippen molar-refractivity contribution in [2.75, 3.05) is 14.2 Å². The Morgan fingerprint density at radius 2 is 1.85 bits per heavy atom. The maximum atomic E-state index is 11.7. The van der Waals surface area contributed by atoms with Crippen LogP contribution in [0.15, 0.2) is 4.99 Å². The summed E-state index contributed by atoms with van der Waals surface area (Å²) in [6, 6.07) is 0. The van der Waals surface area contributed by atoms with Gasteiger partial charge in [-0.15, -0.1) is 0 Å². The fraction of sp³-hybridized carbons (Fsp3) is 0.667. The van der Waals surface area contributed by atoms with Gasteiger partial charge in [-0.05, 0) is 0 Å². The van der Waals surface area contributed by atoms with Crippen LogP contribution in [0, 0.1) is 0 Å². The Bertz CT molecular complexity index is 257. The second kappa shape index (κ2) is 5.68. The van der Waals surface area contributed by atoms with Crippen LogP contribution in [0.2, 0.25) is 5.82 Å². The molecule has 1 amide bonds. The van der Waals surface area contributed by atoms with Crippen LogP contribution in [0.3, 0.4) is 0 Å². The van der Waals surface area contributed by atoms with E-state index in [9.17, 15) is 9.36 Å². The first-order chi connectivity index (χ1) is 6.00. The van der Waals surface area contributed by atoms with E-state index in [1.807, 2.05) is 0 Å². The molecule has 0 aromatic carbocycles. The number of hydrogen-bond donors (Lipinski definition) is 0. The van der Waals surface area contributed by atoms with E-state index in [1.54, 1.807) is 5.82 Å². The van der Waals surface area contributed by atoms with Crippen molar-refractivity contribution in [3.05, 3.63) is 0 Å².